The minimum atomic E-state index is -3.54. The van der Waals surface area contributed by atoms with E-state index < -0.39 is 10.0 Å². The topological polar surface area (TPSA) is 89.8 Å². The van der Waals surface area contributed by atoms with E-state index in [0.717, 1.165) is 18.4 Å². The van der Waals surface area contributed by atoms with Crippen molar-refractivity contribution in [2.45, 2.75) is 17.7 Å². The largest absolute Gasteiger partial charge is 0.240 e. The normalized spacial score (nSPS) is 11.6. The summed E-state index contributed by atoms with van der Waals surface area (Å²) in [5.74, 6) is 0.415. The van der Waals surface area contributed by atoms with Crippen molar-refractivity contribution in [3.05, 3.63) is 59.7 Å². The van der Waals surface area contributed by atoms with E-state index in [-0.39, 0.29) is 4.90 Å². The quantitative estimate of drug-likeness (QED) is 0.723. The van der Waals surface area contributed by atoms with Crippen LogP contribution in [-0.4, -0.2) is 35.7 Å². The molecule has 0 unspecified atom stereocenters. The Hall–Kier alpha value is -2.58. The van der Waals surface area contributed by atoms with Crippen LogP contribution in [0.1, 0.15) is 11.1 Å². The molecule has 3 rings (SSSR count). The molecule has 0 bridgehead atoms. The minimum absolute atomic E-state index is 0.181. The Morgan fingerprint density at radius 1 is 1.08 bits per heavy atom. The highest BCUT2D eigenvalue weighted by Gasteiger charge is 2.17. The molecule has 0 spiro atoms. The van der Waals surface area contributed by atoms with Gasteiger partial charge in [-0.2, -0.15) is 4.80 Å². The standard InChI is InChI=1S/C17H19N5O2S/c1-18-25(23,24)15-11-10-14(9-8-13-6-4-3-5-7-13)16(12-15)17-19-21-22(2)20-17/h3-7,10-12,18H,8-9H2,1-2H3. The van der Waals surface area contributed by atoms with Crippen molar-refractivity contribution in [3.63, 3.8) is 0 Å². The van der Waals surface area contributed by atoms with Gasteiger partial charge in [-0.25, -0.2) is 13.1 Å². The molecule has 1 heterocycles. The Kier molecular flexibility index (Phi) is 4.91. The van der Waals surface area contributed by atoms with Gasteiger partial charge in [0.2, 0.25) is 15.8 Å². The van der Waals surface area contributed by atoms with Crippen molar-refractivity contribution < 1.29 is 8.42 Å². The Labute approximate surface area is 146 Å². The van der Waals surface area contributed by atoms with Crippen LogP contribution in [0.4, 0.5) is 0 Å². The monoisotopic (exact) mass is 357 g/mol. The number of sulfonamides is 1. The number of tetrazole rings is 1. The fourth-order valence-electron chi connectivity index (χ4n) is 2.58. The van der Waals surface area contributed by atoms with E-state index in [4.69, 9.17) is 0 Å². The van der Waals surface area contributed by atoms with E-state index in [9.17, 15) is 8.42 Å². The Balaban J connectivity index is 1.99. The maximum absolute atomic E-state index is 12.1. The molecule has 0 radical (unpaired) electrons. The van der Waals surface area contributed by atoms with Gasteiger partial charge in [-0.05, 0) is 48.4 Å². The third-order valence-electron chi connectivity index (χ3n) is 3.94. The van der Waals surface area contributed by atoms with E-state index >= 15 is 0 Å². The van der Waals surface area contributed by atoms with Crippen LogP contribution in [-0.2, 0) is 29.9 Å². The first-order chi connectivity index (χ1) is 12.0. The second-order valence-corrected chi connectivity index (χ2v) is 7.50. The van der Waals surface area contributed by atoms with E-state index in [1.54, 1.807) is 19.2 Å². The van der Waals surface area contributed by atoms with Gasteiger partial charge in [0.1, 0.15) is 0 Å². The highest BCUT2D eigenvalue weighted by Crippen LogP contribution is 2.25. The van der Waals surface area contributed by atoms with Gasteiger partial charge >= 0.3 is 0 Å². The zero-order chi connectivity index (χ0) is 17.9. The number of rotatable bonds is 6. The van der Waals surface area contributed by atoms with Crippen LogP contribution in [0.5, 0.6) is 0 Å². The van der Waals surface area contributed by atoms with Crippen LogP contribution in [0.2, 0.25) is 0 Å². The maximum atomic E-state index is 12.1. The number of hydrogen-bond donors (Lipinski definition) is 1. The SMILES string of the molecule is CNS(=O)(=O)c1ccc(CCc2ccccc2)c(-c2nnn(C)n2)c1. The van der Waals surface area contributed by atoms with Crippen molar-refractivity contribution in [2.24, 2.45) is 7.05 Å². The van der Waals surface area contributed by atoms with Crippen LogP contribution in [0.15, 0.2) is 53.4 Å². The lowest BCUT2D eigenvalue weighted by molar-refractivity contribution is 0.588. The number of nitrogens with one attached hydrogen (secondary N) is 1. The lowest BCUT2D eigenvalue weighted by Crippen LogP contribution is -2.18. The molecule has 0 amide bonds. The summed E-state index contributed by atoms with van der Waals surface area (Å²) in [5, 5.41) is 12.1. The van der Waals surface area contributed by atoms with Gasteiger partial charge in [0, 0.05) is 5.56 Å². The Morgan fingerprint density at radius 2 is 1.84 bits per heavy atom. The highest BCUT2D eigenvalue weighted by atomic mass is 32.2. The average molecular weight is 357 g/mol. The summed E-state index contributed by atoms with van der Waals surface area (Å²) in [6.45, 7) is 0. The lowest BCUT2D eigenvalue weighted by Gasteiger charge is -2.10. The number of benzene rings is 2. The van der Waals surface area contributed by atoms with Crippen molar-refractivity contribution in [2.75, 3.05) is 7.05 Å². The number of aromatic nitrogens is 4. The Bertz CT molecular complexity index is 968. The fourth-order valence-corrected chi connectivity index (χ4v) is 3.34. The number of hydrogen-bond acceptors (Lipinski definition) is 5. The summed E-state index contributed by atoms with van der Waals surface area (Å²) < 4.78 is 26.5. The lowest BCUT2D eigenvalue weighted by atomic mass is 9.99. The van der Waals surface area contributed by atoms with E-state index in [0.29, 0.717) is 11.4 Å². The van der Waals surface area contributed by atoms with Crippen LogP contribution in [0, 0.1) is 0 Å². The zero-order valence-electron chi connectivity index (χ0n) is 14.0. The molecule has 130 valence electrons. The fraction of sp³-hybridized carbons (Fsp3) is 0.235. The molecule has 8 heteroatoms. The first-order valence-corrected chi connectivity index (χ1v) is 9.32. The van der Waals surface area contributed by atoms with Gasteiger partial charge in [0.05, 0.1) is 11.9 Å². The maximum Gasteiger partial charge on any atom is 0.240 e. The summed E-state index contributed by atoms with van der Waals surface area (Å²) in [6, 6.07) is 15.1. The van der Waals surface area contributed by atoms with E-state index in [1.165, 1.54) is 17.4 Å². The first kappa shape index (κ1) is 17.2. The molecule has 0 fully saturated rings. The molecule has 3 aromatic rings. The summed E-state index contributed by atoms with van der Waals surface area (Å²) >= 11 is 0. The van der Waals surface area contributed by atoms with E-state index in [1.807, 2.05) is 24.3 Å². The third kappa shape index (κ3) is 3.92. The minimum Gasteiger partial charge on any atom is -0.214 e. The second-order valence-electron chi connectivity index (χ2n) is 5.61. The van der Waals surface area contributed by atoms with Crippen LogP contribution >= 0.6 is 0 Å². The smallest absolute Gasteiger partial charge is 0.214 e. The molecular weight excluding hydrogens is 338 g/mol. The summed E-state index contributed by atoms with van der Waals surface area (Å²) in [5.41, 5.74) is 2.87. The molecule has 1 N–H and O–H groups in total. The first-order valence-electron chi connectivity index (χ1n) is 7.84. The van der Waals surface area contributed by atoms with Crippen molar-refractivity contribution in [1.29, 1.82) is 0 Å². The molecule has 0 saturated heterocycles. The third-order valence-corrected chi connectivity index (χ3v) is 5.35. The van der Waals surface area contributed by atoms with Gasteiger partial charge in [0.15, 0.2) is 0 Å². The van der Waals surface area contributed by atoms with Crippen LogP contribution in [0.25, 0.3) is 11.4 Å². The van der Waals surface area contributed by atoms with Gasteiger partial charge in [0.25, 0.3) is 0 Å². The highest BCUT2D eigenvalue weighted by molar-refractivity contribution is 7.89. The van der Waals surface area contributed by atoms with Gasteiger partial charge in [-0.3, -0.25) is 0 Å². The van der Waals surface area contributed by atoms with Crippen molar-refractivity contribution in [3.8, 4) is 11.4 Å². The van der Waals surface area contributed by atoms with Gasteiger partial charge in [-0.15, -0.1) is 10.2 Å². The number of aryl methyl sites for hydroxylation is 3. The second kappa shape index (κ2) is 7.12. The molecule has 7 nitrogen and oxygen atoms in total. The Morgan fingerprint density at radius 3 is 2.48 bits per heavy atom. The van der Waals surface area contributed by atoms with Gasteiger partial charge in [-0.1, -0.05) is 36.4 Å². The molecular formula is C17H19N5O2S. The molecule has 25 heavy (non-hydrogen) atoms. The molecule has 1 aromatic heterocycles. The van der Waals surface area contributed by atoms with Crippen molar-refractivity contribution >= 4 is 10.0 Å². The van der Waals surface area contributed by atoms with Crippen molar-refractivity contribution in [1.82, 2.24) is 24.9 Å². The zero-order valence-corrected chi connectivity index (χ0v) is 14.9. The summed E-state index contributed by atoms with van der Waals surface area (Å²) in [4.78, 5) is 1.54. The van der Waals surface area contributed by atoms with Crippen LogP contribution in [0.3, 0.4) is 0 Å². The molecule has 2 aromatic carbocycles. The summed E-state index contributed by atoms with van der Waals surface area (Å²) in [7, 11) is -0.476. The molecule has 0 aliphatic heterocycles. The molecule has 0 aliphatic rings. The average Bonchev–Trinajstić information content (AvgIpc) is 3.07. The van der Waals surface area contributed by atoms with Gasteiger partial charge < -0.3 is 0 Å². The number of nitrogens with zero attached hydrogens (tertiary/aromatic N) is 4. The molecule has 0 saturated carbocycles. The predicted octanol–water partition coefficient (Wildman–Crippen LogP) is 1.57. The predicted molar refractivity (Wildman–Crippen MR) is 94.3 cm³/mol. The van der Waals surface area contributed by atoms with Crippen LogP contribution < -0.4 is 4.72 Å². The molecule has 0 aliphatic carbocycles. The molecule has 0 atom stereocenters. The summed E-state index contributed by atoms with van der Waals surface area (Å²) in [6.07, 6.45) is 1.59. The van der Waals surface area contributed by atoms with E-state index in [2.05, 4.69) is 32.3 Å².